The van der Waals surface area contributed by atoms with Crippen LogP contribution in [0.5, 0.6) is 23.0 Å². The molecule has 0 unspecified atom stereocenters. The Morgan fingerprint density at radius 3 is 1.70 bits per heavy atom. The molecular weight excluding hydrogens is 991 g/mol. The minimum atomic E-state index is -0.428. The summed E-state index contributed by atoms with van der Waals surface area (Å²) < 4.78 is 21.0. The number of aryl methyl sites for hydroxylation is 5. The molecule has 14 heteroatoms. The Morgan fingerprint density at radius 1 is 0.610 bits per heavy atom. The van der Waals surface area contributed by atoms with Crippen LogP contribution in [0.15, 0.2) is 118 Å². The number of phenolic OH excluding ortho intramolecular Hbond substituents is 3. The van der Waals surface area contributed by atoms with Gasteiger partial charge in [-0.25, -0.2) is 19.4 Å². The van der Waals surface area contributed by atoms with Crippen molar-refractivity contribution in [2.45, 2.75) is 137 Å². The number of methoxy groups -OCH3 is 1. The van der Waals surface area contributed by atoms with Gasteiger partial charge in [0.2, 0.25) is 0 Å². The van der Waals surface area contributed by atoms with Crippen molar-refractivity contribution in [3.63, 3.8) is 0 Å². The van der Waals surface area contributed by atoms with E-state index >= 15 is 0 Å². The lowest BCUT2D eigenvalue weighted by Crippen LogP contribution is -2.43. The molecule has 0 bridgehead atoms. The summed E-state index contributed by atoms with van der Waals surface area (Å²) in [4.78, 5) is 44.1. The second-order valence-electron chi connectivity index (χ2n) is 20.1. The van der Waals surface area contributed by atoms with Crippen molar-refractivity contribution >= 4 is 44.2 Å². The molecule has 412 valence electrons. The van der Waals surface area contributed by atoms with Crippen LogP contribution >= 0.6 is 11.3 Å². The summed E-state index contributed by atoms with van der Waals surface area (Å²) >= 11 is 1.40. The van der Waals surface area contributed by atoms with Crippen molar-refractivity contribution in [3.8, 4) is 33.6 Å². The number of unbranched alkanes of at least 4 members (excludes halogenated alkanes) is 9. The van der Waals surface area contributed by atoms with Gasteiger partial charge in [-0.15, -0.1) is 11.3 Å². The Balaban J connectivity index is 0.000000174. The number of benzene rings is 4. The summed E-state index contributed by atoms with van der Waals surface area (Å²) in [6.45, 7) is 14.9. The van der Waals surface area contributed by atoms with Crippen LogP contribution in [0.3, 0.4) is 0 Å². The van der Waals surface area contributed by atoms with E-state index in [1.165, 1.54) is 80.4 Å². The molecule has 0 saturated carbocycles. The maximum atomic E-state index is 12.1. The summed E-state index contributed by atoms with van der Waals surface area (Å²) in [5.41, 5.74) is 6.12. The number of nitrogens with zero attached hydrogens (tertiary/aromatic N) is 3. The number of rotatable bonds is 19. The SMILES string of the molecule is CCCCCCc1cc2cc(-c3nccs3)c(=O)oc2cc1O.CCCCCCc1cc2cc(C)c(=O)oc2cc1O.CCCCCCc1cc2ccc(=O)oc2c(CN2CCN(C)CC2)c1O.COc1ccc(C)cc1. The highest BCUT2D eigenvalue weighted by molar-refractivity contribution is 7.13. The molecule has 4 aromatic heterocycles. The van der Waals surface area contributed by atoms with Crippen LogP contribution in [0.4, 0.5) is 0 Å². The van der Waals surface area contributed by atoms with Gasteiger partial charge in [-0.3, -0.25) is 4.90 Å². The number of thiazole rings is 1. The second kappa shape index (κ2) is 30.3. The number of likely N-dealkylation sites (N-methyl/N-ethyl adjacent to an activating group) is 1. The molecule has 1 saturated heterocycles. The predicted molar refractivity (Wildman–Crippen MR) is 312 cm³/mol. The average Bonchev–Trinajstić information content (AvgIpc) is 3.98. The molecule has 1 aliphatic rings. The number of aromatic nitrogens is 1. The van der Waals surface area contributed by atoms with Crippen LogP contribution < -0.4 is 21.6 Å². The zero-order valence-electron chi connectivity index (χ0n) is 46.3. The lowest BCUT2D eigenvalue weighted by atomic mass is 9.99. The fourth-order valence-electron chi connectivity index (χ4n) is 9.22. The third-order valence-electron chi connectivity index (χ3n) is 13.9. The molecule has 3 N–H and O–H groups in total. The molecule has 5 heterocycles. The minimum Gasteiger partial charge on any atom is -0.508 e. The molecule has 0 amide bonds. The molecule has 0 atom stereocenters. The van der Waals surface area contributed by atoms with Gasteiger partial charge in [0.05, 0.1) is 18.2 Å². The first kappa shape index (κ1) is 59.5. The first-order valence-electron chi connectivity index (χ1n) is 27.5. The van der Waals surface area contributed by atoms with Crippen LogP contribution in [0.1, 0.15) is 131 Å². The first-order chi connectivity index (χ1) is 37.2. The van der Waals surface area contributed by atoms with Gasteiger partial charge >= 0.3 is 16.9 Å². The topological polar surface area (TPSA) is 180 Å². The van der Waals surface area contributed by atoms with Crippen molar-refractivity contribution in [1.82, 2.24) is 14.8 Å². The van der Waals surface area contributed by atoms with Crippen molar-refractivity contribution < 1.29 is 33.3 Å². The highest BCUT2D eigenvalue weighted by Crippen LogP contribution is 2.34. The predicted octanol–water partition coefficient (Wildman–Crippen LogP) is 14.0. The smallest absolute Gasteiger partial charge is 0.346 e. The molecule has 1 aliphatic heterocycles. The molecule has 0 radical (unpaired) electrons. The Kier molecular flexibility index (Phi) is 23.4. The molecule has 1 fully saturated rings. The van der Waals surface area contributed by atoms with E-state index in [1.54, 1.807) is 32.4 Å². The van der Waals surface area contributed by atoms with Gasteiger partial charge in [-0.05, 0) is 125 Å². The van der Waals surface area contributed by atoms with E-state index in [1.807, 2.05) is 60.0 Å². The van der Waals surface area contributed by atoms with Crippen LogP contribution in [-0.4, -0.2) is 70.4 Å². The number of aromatic hydroxyl groups is 3. The number of piperazine rings is 1. The molecule has 77 heavy (non-hydrogen) atoms. The highest BCUT2D eigenvalue weighted by Gasteiger charge is 2.21. The molecule has 0 aliphatic carbocycles. The Bertz CT molecular complexity index is 3280. The molecular formula is C63H79N3O10S. The van der Waals surface area contributed by atoms with E-state index < -0.39 is 5.63 Å². The van der Waals surface area contributed by atoms with E-state index in [2.05, 4.69) is 49.5 Å². The molecule has 4 aromatic carbocycles. The van der Waals surface area contributed by atoms with Crippen LogP contribution in [0.25, 0.3) is 43.5 Å². The third-order valence-corrected chi connectivity index (χ3v) is 14.7. The maximum absolute atomic E-state index is 12.1. The standard InChI is InChI=1S/C21H30N2O3.C18H19NO3S.C16H20O3.C8H10O/c1-3-4-5-6-7-16-14-17-8-9-19(24)26-21(17)18(20(16)25)15-23-12-10-22(2)11-13-23;1-2-3-4-5-6-12-9-13-10-14(17-19-7-8-23-17)18(21)22-16(13)11-15(12)20;1-3-4-5-6-7-12-9-13-8-11(2)16(18)19-15(13)10-14(12)17;1-7-3-5-8(9-2)6-4-7/h8-9,14,25H,3-7,10-13,15H2,1-2H3;7-11,20H,2-6H2,1H3;8-10,17H,3-7H2,1-2H3;3-6H,1-2H3. The zero-order valence-corrected chi connectivity index (χ0v) is 47.1. The van der Waals surface area contributed by atoms with Gasteiger partial charge < -0.3 is 38.2 Å². The number of hydrogen-bond acceptors (Lipinski definition) is 14. The van der Waals surface area contributed by atoms with Gasteiger partial charge in [0.25, 0.3) is 0 Å². The number of phenols is 3. The van der Waals surface area contributed by atoms with E-state index in [9.17, 15) is 29.7 Å². The van der Waals surface area contributed by atoms with Crippen LogP contribution in [-0.2, 0) is 25.8 Å². The summed E-state index contributed by atoms with van der Waals surface area (Å²) in [5.74, 6) is 1.64. The van der Waals surface area contributed by atoms with Crippen molar-refractivity contribution in [3.05, 3.63) is 155 Å². The molecule has 9 rings (SSSR count). The fraction of sp³-hybridized carbons (Fsp3) is 0.429. The van der Waals surface area contributed by atoms with Crippen molar-refractivity contribution in [2.24, 2.45) is 0 Å². The normalized spacial score (nSPS) is 12.7. The van der Waals surface area contributed by atoms with E-state index in [4.69, 9.17) is 18.0 Å². The average molecular weight is 1070 g/mol. The van der Waals surface area contributed by atoms with Crippen molar-refractivity contribution in [2.75, 3.05) is 40.3 Å². The largest absolute Gasteiger partial charge is 0.508 e. The van der Waals surface area contributed by atoms with Gasteiger partial charge in [0, 0.05) is 84.2 Å². The van der Waals surface area contributed by atoms with E-state index in [0.29, 0.717) is 45.2 Å². The van der Waals surface area contributed by atoms with Gasteiger partial charge in [-0.1, -0.05) is 96.3 Å². The van der Waals surface area contributed by atoms with Gasteiger partial charge in [-0.2, -0.15) is 0 Å². The lowest BCUT2D eigenvalue weighted by molar-refractivity contribution is 0.147. The quantitative estimate of drug-likeness (QED) is 0.0515. The highest BCUT2D eigenvalue weighted by atomic mass is 32.1. The minimum absolute atomic E-state index is 0.194. The van der Waals surface area contributed by atoms with E-state index in [-0.39, 0.29) is 22.8 Å². The molecule has 0 spiro atoms. The summed E-state index contributed by atoms with van der Waals surface area (Å²) in [6, 6.07) is 23.7. The lowest BCUT2D eigenvalue weighted by Gasteiger charge is -2.32. The molecule has 8 aromatic rings. The summed E-state index contributed by atoms with van der Waals surface area (Å²) in [7, 11) is 3.80. The maximum Gasteiger partial charge on any atom is 0.346 e. The third kappa shape index (κ3) is 17.6. The van der Waals surface area contributed by atoms with Crippen LogP contribution in [0.2, 0.25) is 0 Å². The van der Waals surface area contributed by atoms with Crippen molar-refractivity contribution in [1.29, 1.82) is 0 Å². The van der Waals surface area contributed by atoms with Crippen LogP contribution in [0, 0.1) is 13.8 Å². The van der Waals surface area contributed by atoms with Gasteiger partial charge in [0.1, 0.15) is 44.8 Å². The Morgan fingerprint density at radius 2 is 1.16 bits per heavy atom. The number of hydrogen-bond donors (Lipinski definition) is 3. The first-order valence-corrected chi connectivity index (χ1v) is 28.3. The zero-order chi connectivity index (χ0) is 55.3. The van der Waals surface area contributed by atoms with Gasteiger partial charge in [0.15, 0.2) is 0 Å². The van der Waals surface area contributed by atoms with E-state index in [0.717, 1.165) is 115 Å². The second-order valence-corrected chi connectivity index (χ2v) is 21.0. The number of fused-ring (bicyclic) bond motifs is 3. The molecule has 13 nitrogen and oxygen atoms in total. The summed E-state index contributed by atoms with van der Waals surface area (Å²) in [6.07, 6.45) is 18.1. The fourth-order valence-corrected chi connectivity index (χ4v) is 9.86. The Labute approximate surface area is 456 Å². The monoisotopic (exact) mass is 1070 g/mol. The summed E-state index contributed by atoms with van der Waals surface area (Å²) in [5, 5.41) is 36.1. The number of ether oxygens (including phenoxy) is 1. The Hall–Kier alpha value is -6.74.